The fraction of sp³-hybridized carbons (Fsp3) is 0.409. The molecule has 2 aliphatic heterocycles. The van der Waals surface area contributed by atoms with E-state index in [1.165, 1.54) is 5.56 Å². The summed E-state index contributed by atoms with van der Waals surface area (Å²) in [7, 11) is 0. The van der Waals surface area contributed by atoms with E-state index in [1.54, 1.807) is 12.3 Å². The van der Waals surface area contributed by atoms with Gasteiger partial charge in [0.25, 0.3) is 0 Å². The molecule has 0 aliphatic carbocycles. The number of hydrogen-bond donors (Lipinski definition) is 0. The molecule has 4 rings (SSSR count). The molecule has 1 aromatic heterocycles. The Balaban J connectivity index is 1.50. The van der Waals surface area contributed by atoms with E-state index in [-0.39, 0.29) is 23.8 Å². The summed E-state index contributed by atoms with van der Waals surface area (Å²) in [6.45, 7) is 4.08. The van der Waals surface area contributed by atoms with Gasteiger partial charge in [0, 0.05) is 36.3 Å². The Bertz CT molecular complexity index is 861. The number of benzene rings is 1. The van der Waals surface area contributed by atoms with E-state index in [0.29, 0.717) is 24.5 Å². The maximum absolute atomic E-state index is 13.1. The quantitative estimate of drug-likeness (QED) is 0.783. The number of ether oxygens (including phenoxy) is 1. The normalized spacial score (nSPS) is 25.0. The maximum atomic E-state index is 13.1. The number of aryl methyl sites for hydroxylation is 1. The van der Waals surface area contributed by atoms with Crippen molar-refractivity contribution in [3.63, 3.8) is 0 Å². The highest BCUT2D eigenvalue weighted by molar-refractivity contribution is 5.98. The molecule has 2 aliphatic rings. The van der Waals surface area contributed by atoms with Crippen LogP contribution in [0, 0.1) is 24.2 Å². The van der Waals surface area contributed by atoms with E-state index < -0.39 is 0 Å². The van der Waals surface area contributed by atoms with Gasteiger partial charge in [0.1, 0.15) is 11.8 Å². The van der Waals surface area contributed by atoms with Crippen molar-refractivity contribution in [1.29, 1.82) is 5.26 Å². The van der Waals surface area contributed by atoms with Crippen molar-refractivity contribution in [2.45, 2.75) is 38.4 Å². The Hall–Kier alpha value is -2.55. The summed E-state index contributed by atoms with van der Waals surface area (Å²) in [5.74, 6) is 0.136. The third-order valence-electron chi connectivity index (χ3n) is 5.72. The van der Waals surface area contributed by atoms with Gasteiger partial charge in [-0.05, 0) is 37.0 Å². The van der Waals surface area contributed by atoms with Gasteiger partial charge in [-0.15, -0.1) is 0 Å². The van der Waals surface area contributed by atoms with E-state index in [2.05, 4.69) is 40.2 Å². The molecule has 0 amide bonds. The smallest absolute Gasteiger partial charge is 0.167 e. The highest BCUT2D eigenvalue weighted by Crippen LogP contribution is 2.34. The number of carbonyl (C=O) groups excluding carboxylic acids is 1. The predicted octanol–water partition coefficient (Wildman–Crippen LogP) is 3.12. The summed E-state index contributed by atoms with van der Waals surface area (Å²) >= 11 is 0. The zero-order chi connectivity index (χ0) is 18.8. The Morgan fingerprint density at radius 3 is 2.59 bits per heavy atom. The molecular formula is C22H23N3O2. The summed E-state index contributed by atoms with van der Waals surface area (Å²) in [6.07, 6.45) is 3.17. The summed E-state index contributed by atoms with van der Waals surface area (Å²) in [4.78, 5) is 19.7. The summed E-state index contributed by atoms with van der Waals surface area (Å²) in [5, 5.41) is 9.04. The lowest BCUT2D eigenvalue weighted by Crippen LogP contribution is -2.57. The molecule has 0 spiro atoms. The standard InChI is InChI=1S/C22H23N3O2/c1-15-7-18(11-24-21(15)10-23)22(26)17-8-19-13-27-14-20(9-17)25(19)12-16-5-3-2-4-6-16/h2-7,11,17,19-20H,8-9,12-14H2,1H3. The van der Waals surface area contributed by atoms with Gasteiger partial charge in [-0.25, -0.2) is 4.98 Å². The number of fused-ring (bicyclic) bond motifs is 2. The average molecular weight is 361 g/mol. The fourth-order valence-corrected chi connectivity index (χ4v) is 4.32. The van der Waals surface area contributed by atoms with Crippen molar-refractivity contribution in [3.05, 3.63) is 65.0 Å². The molecular weight excluding hydrogens is 338 g/mol. The number of pyridine rings is 1. The largest absolute Gasteiger partial charge is 0.378 e. The Morgan fingerprint density at radius 1 is 1.26 bits per heavy atom. The molecule has 2 aromatic rings. The monoisotopic (exact) mass is 361 g/mol. The van der Waals surface area contributed by atoms with Gasteiger partial charge in [0.05, 0.1) is 13.2 Å². The van der Waals surface area contributed by atoms with Crippen LogP contribution in [0.3, 0.4) is 0 Å². The molecule has 1 aromatic carbocycles. The SMILES string of the molecule is Cc1cc(C(=O)C2CC3COCC(C2)N3Cc2ccccc2)cnc1C#N. The third kappa shape index (κ3) is 3.64. The molecule has 2 unspecified atom stereocenters. The first-order valence-corrected chi connectivity index (χ1v) is 9.44. The van der Waals surface area contributed by atoms with E-state index in [4.69, 9.17) is 10.00 Å². The topological polar surface area (TPSA) is 66.2 Å². The van der Waals surface area contributed by atoms with Crippen LogP contribution in [0.25, 0.3) is 0 Å². The first-order valence-electron chi connectivity index (χ1n) is 9.44. The van der Waals surface area contributed by atoms with Crippen LogP contribution >= 0.6 is 0 Å². The van der Waals surface area contributed by atoms with Crippen molar-refractivity contribution in [2.75, 3.05) is 13.2 Å². The van der Waals surface area contributed by atoms with Gasteiger partial charge in [0.2, 0.25) is 0 Å². The van der Waals surface area contributed by atoms with Crippen molar-refractivity contribution in [3.8, 4) is 6.07 Å². The van der Waals surface area contributed by atoms with Gasteiger partial charge in [-0.3, -0.25) is 9.69 Å². The van der Waals surface area contributed by atoms with Crippen LogP contribution in [0.4, 0.5) is 0 Å². The molecule has 0 radical (unpaired) electrons. The van der Waals surface area contributed by atoms with Crippen LogP contribution in [0.15, 0.2) is 42.6 Å². The van der Waals surface area contributed by atoms with Crippen molar-refractivity contribution in [2.24, 2.45) is 5.92 Å². The minimum atomic E-state index is -0.00920. The number of nitriles is 1. The number of ketones is 1. The molecule has 2 atom stereocenters. The number of aromatic nitrogens is 1. The van der Waals surface area contributed by atoms with Crippen molar-refractivity contribution in [1.82, 2.24) is 9.88 Å². The molecule has 2 bridgehead atoms. The van der Waals surface area contributed by atoms with Gasteiger partial charge >= 0.3 is 0 Å². The van der Waals surface area contributed by atoms with Crippen LogP contribution in [-0.2, 0) is 11.3 Å². The Kier molecular flexibility index (Phi) is 5.02. The minimum Gasteiger partial charge on any atom is -0.378 e. The predicted molar refractivity (Wildman–Crippen MR) is 101 cm³/mol. The number of morpholine rings is 1. The lowest BCUT2D eigenvalue weighted by atomic mass is 9.80. The average Bonchev–Trinajstić information content (AvgIpc) is 2.68. The van der Waals surface area contributed by atoms with Crippen molar-refractivity contribution < 1.29 is 9.53 Å². The second-order valence-electron chi connectivity index (χ2n) is 7.54. The number of hydrogen-bond acceptors (Lipinski definition) is 5. The van der Waals surface area contributed by atoms with Gasteiger partial charge in [-0.2, -0.15) is 5.26 Å². The summed E-state index contributed by atoms with van der Waals surface area (Å²) in [6, 6.07) is 14.9. The number of piperidine rings is 1. The Labute approximate surface area is 159 Å². The lowest BCUT2D eigenvalue weighted by Gasteiger charge is -2.48. The molecule has 2 saturated heterocycles. The van der Waals surface area contributed by atoms with Gasteiger partial charge in [0.15, 0.2) is 5.78 Å². The van der Waals surface area contributed by atoms with Crippen LogP contribution in [-0.4, -0.2) is 41.0 Å². The number of carbonyl (C=O) groups is 1. The van der Waals surface area contributed by atoms with E-state index in [1.807, 2.05) is 13.0 Å². The number of nitrogens with zero attached hydrogens (tertiary/aromatic N) is 3. The van der Waals surface area contributed by atoms with E-state index in [9.17, 15) is 4.79 Å². The maximum Gasteiger partial charge on any atom is 0.167 e. The molecule has 2 fully saturated rings. The highest BCUT2D eigenvalue weighted by Gasteiger charge is 2.41. The minimum absolute atomic E-state index is 0.00920. The zero-order valence-corrected chi connectivity index (χ0v) is 15.5. The fourth-order valence-electron chi connectivity index (χ4n) is 4.32. The van der Waals surface area contributed by atoms with Crippen LogP contribution in [0.5, 0.6) is 0 Å². The molecule has 5 nitrogen and oxygen atoms in total. The van der Waals surface area contributed by atoms with E-state index in [0.717, 1.165) is 24.9 Å². The molecule has 0 saturated carbocycles. The molecule has 138 valence electrons. The number of rotatable bonds is 4. The lowest BCUT2D eigenvalue weighted by molar-refractivity contribution is -0.0872. The summed E-state index contributed by atoms with van der Waals surface area (Å²) < 4.78 is 5.79. The van der Waals surface area contributed by atoms with Gasteiger partial charge in [-0.1, -0.05) is 30.3 Å². The van der Waals surface area contributed by atoms with Crippen LogP contribution in [0.1, 0.15) is 40.0 Å². The second kappa shape index (κ2) is 7.59. The number of Topliss-reactive ketones (excluding diaryl/α,β-unsaturated/α-hetero) is 1. The summed E-state index contributed by atoms with van der Waals surface area (Å²) in [5.41, 5.74) is 3.06. The first kappa shape index (κ1) is 17.8. The van der Waals surface area contributed by atoms with Crippen molar-refractivity contribution >= 4 is 5.78 Å². The zero-order valence-electron chi connectivity index (χ0n) is 15.5. The molecule has 0 N–H and O–H groups in total. The third-order valence-corrected chi connectivity index (χ3v) is 5.72. The van der Waals surface area contributed by atoms with Gasteiger partial charge < -0.3 is 4.74 Å². The molecule has 3 heterocycles. The second-order valence-corrected chi connectivity index (χ2v) is 7.54. The Morgan fingerprint density at radius 2 is 1.96 bits per heavy atom. The van der Waals surface area contributed by atoms with Crippen LogP contribution in [0.2, 0.25) is 0 Å². The van der Waals surface area contributed by atoms with Crippen LogP contribution < -0.4 is 0 Å². The highest BCUT2D eigenvalue weighted by atomic mass is 16.5. The van der Waals surface area contributed by atoms with E-state index >= 15 is 0 Å². The molecule has 27 heavy (non-hydrogen) atoms. The first-order chi connectivity index (χ1) is 13.2. The molecule has 5 heteroatoms.